The molecule has 0 aliphatic rings. The molecule has 0 fully saturated rings. The summed E-state index contributed by atoms with van der Waals surface area (Å²) in [7, 11) is -2.70. The van der Waals surface area contributed by atoms with Crippen LogP contribution in [0.4, 0.5) is 0 Å². The van der Waals surface area contributed by atoms with E-state index in [2.05, 4.69) is 0 Å². The summed E-state index contributed by atoms with van der Waals surface area (Å²) in [6.45, 7) is 1.46. The number of halogens is 1. The quantitative estimate of drug-likeness (QED) is 0.860. The van der Waals surface area contributed by atoms with E-state index in [4.69, 9.17) is 16.7 Å². The summed E-state index contributed by atoms with van der Waals surface area (Å²) in [6.07, 6.45) is 1.22. The van der Waals surface area contributed by atoms with Gasteiger partial charge in [0.15, 0.2) is 0 Å². The average Bonchev–Trinajstić information content (AvgIpc) is 2.29. The van der Waals surface area contributed by atoms with Crippen molar-refractivity contribution in [2.45, 2.75) is 11.8 Å². The minimum absolute atomic E-state index is 0.0185. The summed E-state index contributed by atoms with van der Waals surface area (Å²) >= 11 is 5.67. The number of hydrogen-bond donors (Lipinski definition) is 1. The second-order valence-electron chi connectivity index (χ2n) is 3.41. The highest BCUT2D eigenvalue weighted by atomic mass is 35.5. The van der Waals surface area contributed by atoms with Crippen LogP contribution in [-0.4, -0.2) is 30.8 Å². The lowest BCUT2D eigenvalue weighted by molar-refractivity contribution is -0.133. The molecule has 0 bridgehead atoms. The van der Waals surface area contributed by atoms with Crippen molar-refractivity contribution in [1.29, 1.82) is 0 Å². The first-order chi connectivity index (χ1) is 8.30. The van der Waals surface area contributed by atoms with Gasteiger partial charge in [-0.2, -0.15) is 0 Å². The lowest BCUT2D eigenvalue weighted by atomic mass is 10.4. The molecule has 0 aliphatic heterocycles. The monoisotopic (exact) mass is 289 g/mol. The molecule has 0 atom stereocenters. The molecular weight excluding hydrogens is 278 g/mol. The maximum atomic E-state index is 12.1. The predicted octanol–water partition coefficient (Wildman–Crippen LogP) is 1.95. The molecule has 0 amide bonds. The number of nitrogens with zero attached hydrogens (tertiary/aromatic N) is 1. The van der Waals surface area contributed by atoms with Gasteiger partial charge in [-0.1, -0.05) is 17.7 Å². The van der Waals surface area contributed by atoms with Crippen LogP contribution >= 0.6 is 11.6 Å². The van der Waals surface area contributed by atoms with Gasteiger partial charge < -0.3 is 5.11 Å². The maximum Gasteiger partial charge on any atom is 0.352 e. The normalized spacial score (nSPS) is 12.3. The lowest BCUT2D eigenvalue weighted by Gasteiger charge is -2.19. The third-order valence-electron chi connectivity index (χ3n) is 2.30. The van der Waals surface area contributed by atoms with Gasteiger partial charge in [0.05, 0.1) is 4.90 Å². The van der Waals surface area contributed by atoms with Crippen LogP contribution in [0, 0.1) is 0 Å². The van der Waals surface area contributed by atoms with E-state index in [0.717, 1.165) is 4.31 Å². The van der Waals surface area contributed by atoms with E-state index >= 15 is 0 Å². The van der Waals surface area contributed by atoms with E-state index in [9.17, 15) is 13.2 Å². The van der Waals surface area contributed by atoms with Crippen LogP contribution in [0.1, 0.15) is 6.92 Å². The fraction of sp³-hybridized carbons (Fsp3) is 0.182. The lowest BCUT2D eigenvalue weighted by Crippen LogP contribution is -2.30. The number of carbonyl (C=O) groups is 1. The van der Waals surface area contributed by atoms with Crippen molar-refractivity contribution < 1.29 is 18.3 Å². The van der Waals surface area contributed by atoms with E-state index < -0.39 is 16.0 Å². The zero-order valence-corrected chi connectivity index (χ0v) is 11.4. The Morgan fingerprint density at radius 1 is 1.33 bits per heavy atom. The summed E-state index contributed by atoms with van der Waals surface area (Å²) < 4.78 is 25.0. The molecule has 0 aromatic heterocycles. The molecule has 0 radical (unpaired) electrons. The van der Waals surface area contributed by atoms with Gasteiger partial charge >= 0.3 is 5.97 Å². The number of rotatable bonds is 4. The number of benzene rings is 1. The van der Waals surface area contributed by atoms with Gasteiger partial charge in [-0.05, 0) is 31.2 Å². The van der Waals surface area contributed by atoms with Crippen LogP contribution < -0.4 is 0 Å². The standard InChI is InChI=1S/C11H12ClNO4S/c1-3-10(11(14)15)13(2)18(16,17)9-6-4-8(12)5-7-9/h3-7H,1-2H3,(H,14,15)/b10-3+. The summed E-state index contributed by atoms with van der Waals surface area (Å²) in [6, 6.07) is 5.50. The largest absolute Gasteiger partial charge is 0.477 e. The van der Waals surface area contributed by atoms with Crippen molar-refractivity contribution in [2.75, 3.05) is 7.05 Å². The fourth-order valence-electron chi connectivity index (χ4n) is 1.33. The minimum Gasteiger partial charge on any atom is -0.477 e. The van der Waals surface area contributed by atoms with Crippen molar-refractivity contribution in [1.82, 2.24) is 4.31 Å². The number of carboxylic acid groups (broad SMARTS) is 1. The van der Waals surface area contributed by atoms with Gasteiger partial charge in [0.25, 0.3) is 10.0 Å². The molecule has 0 spiro atoms. The van der Waals surface area contributed by atoms with E-state index in [1.54, 1.807) is 0 Å². The van der Waals surface area contributed by atoms with Gasteiger partial charge in [0.1, 0.15) is 5.70 Å². The summed E-state index contributed by atoms with van der Waals surface area (Å²) in [5.41, 5.74) is -0.315. The number of hydrogen-bond acceptors (Lipinski definition) is 3. The second-order valence-corrected chi connectivity index (χ2v) is 5.81. The predicted molar refractivity (Wildman–Crippen MR) is 67.8 cm³/mol. The third-order valence-corrected chi connectivity index (χ3v) is 4.34. The van der Waals surface area contributed by atoms with Crippen molar-refractivity contribution in [3.63, 3.8) is 0 Å². The van der Waals surface area contributed by atoms with E-state index in [-0.39, 0.29) is 10.6 Å². The Balaban J connectivity index is 3.22. The highest BCUT2D eigenvalue weighted by Crippen LogP contribution is 2.20. The zero-order chi connectivity index (χ0) is 13.9. The SMILES string of the molecule is C/C=C(\C(=O)O)N(C)S(=O)(=O)c1ccc(Cl)cc1. The first kappa shape index (κ1) is 14.5. The third kappa shape index (κ3) is 2.83. The Kier molecular flexibility index (Phi) is 4.37. The number of carboxylic acids is 1. The molecule has 0 unspecified atom stereocenters. The maximum absolute atomic E-state index is 12.1. The Morgan fingerprint density at radius 2 is 1.83 bits per heavy atom. The average molecular weight is 290 g/mol. The van der Waals surface area contributed by atoms with E-state index in [1.165, 1.54) is 44.3 Å². The van der Waals surface area contributed by atoms with Gasteiger partial charge in [-0.15, -0.1) is 0 Å². The van der Waals surface area contributed by atoms with Crippen molar-refractivity contribution >= 4 is 27.6 Å². The van der Waals surface area contributed by atoms with Crippen LogP contribution in [0.3, 0.4) is 0 Å². The van der Waals surface area contributed by atoms with Crippen LogP contribution in [0.25, 0.3) is 0 Å². The number of aliphatic carboxylic acids is 1. The van der Waals surface area contributed by atoms with Gasteiger partial charge in [0.2, 0.25) is 0 Å². The summed E-state index contributed by atoms with van der Waals surface area (Å²) in [5.74, 6) is -1.31. The Morgan fingerprint density at radius 3 is 2.22 bits per heavy atom. The molecular formula is C11H12ClNO4S. The topological polar surface area (TPSA) is 74.7 Å². The molecule has 0 heterocycles. The number of sulfonamides is 1. The highest BCUT2D eigenvalue weighted by Gasteiger charge is 2.25. The van der Waals surface area contributed by atoms with Crippen molar-refractivity contribution in [2.24, 2.45) is 0 Å². The Labute approximate surface area is 110 Å². The molecule has 1 aromatic rings. The van der Waals surface area contributed by atoms with Crippen LogP contribution in [-0.2, 0) is 14.8 Å². The fourth-order valence-corrected chi connectivity index (χ4v) is 2.70. The van der Waals surface area contributed by atoms with Crippen LogP contribution in [0.5, 0.6) is 0 Å². The molecule has 1 aromatic carbocycles. The van der Waals surface area contributed by atoms with Gasteiger partial charge in [-0.3, -0.25) is 4.31 Å². The van der Waals surface area contributed by atoms with Crippen molar-refractivity contribution in [3.05, 3.63) is 41.1 Å². The molecule has 0 saturated heterocycles. The van der Waals surface area contributed by atoms with Crippen molar-refractivity contribution in [3.8, 4) is 0 Å². The minimum atomic E-state index is -3.89. The summed E-state index contributed by atoms with van der Waals surface area (Å²) in [5, 5.41) is 9.31. The molecule has 7 heteroatoms. The van der Waals surface area contributed by atoms with Gasteiger partial charge in [0, 0.05) is 12.1 Å². The van der Waals surface area contributed by atoms with E-state index in [0.29, 0.717) is 5.02 Å². The molecule has 0 aliphatic carbocycles. The molecule has 5 nitrogen and oxygen atoms in total. The highest BCUT2D eigenvalue weighted by molar-refractivity contribution is 7.89. The Hall–Kier alpha value is -1.53. The zero-order valence-electron chi connectivity index (χ0n) is 9.79. The molecule has 1 rings (SSSR count). The Bertz CT molecular complexity index is 578. The van der Waals surface area contributed by atoms with Gasteiger partial charge in [-0.25, -0.2) is 13.2 Å². The molecule has 98 valence electrons. The smallest absolute Gasteiger partial charge is 0.352 e. The first-order valence-corrected chi connectivity index (χ1v) is 6.76. The molecule has 18 heavy (non-hydrogen) atoms. The second kappa shape index (κ2) is 5.41. The van der Waals surface area contributed by atoms with Crippen LogP contribution in [0.15, 0.2) is 40.9 Å². The number of likely N-dealkylation sites (N-methyl/N-ethyl adjacent to an activating group) is 1. The first-order valence-electron chi connectivity index (χ1n) is 4.94. The molecule has 0 saturated carbocycles. The number of allylic oxidation sites excluding steroid dienone is 1. The molecule has 1 N–H and O–H groups in total. The van der Waals surface area contributed by atoms with E-state index in [1.807, 2.05) is 0 Å². The van der Waals surface area contributed by atoms with Crippen LogP contribution in [0.2, 0.25) is 5.02 Å². The summed E-state index contributed by atoms with van der Waals surface area (Å²) in [4.78, 5) is 10.9.